The van der Waals surface area contributed by atoms with Gasteiger partial charge in [0.1, 0.15) is 19.2 Å². The van der Waals surface area contributed by atoms with E-state index in [1.807, 2.05) is 0 Å². The Morgan fingerprint density at radius 1 is 0.529 bits per heavy atom. The largest absolute Gasteiger partial charge is 0.455 e. The van der Waals surface area contributed by atoms with Crippen LogP contribution in [0.1, 0.15) is 0 Å². The van der Waals surface area contributed by atoms with E-state index in [2.05, 4.69) is 169 Å². The van der Waals surface area contributed by atoms with Crippen molar-refractivity contribution in [1.82, 2.24) is 14.5 Å². The average molecular weight is 670 g/mol. The maximum absolute atomic E-state index is 6.87. The summed E-state index contributed by atoms with van der Waals surface area (Å²) < 4.78 is 9.22. The molecular weight excluding hydrogens is 639 g/mol. The van der Waals surface area contributed by atoms with E-state index in [4.69, 9.17) is 14.4 Å². The van der Waals surface area contributed by atoms with Crippen molar-refractivity contribution in [2.45, 2.75) is 13.1 Å². The van der Waals surface area contributed by atoms with Gasteiger partial charge in [-0.3, -0.25) is 0 Å². The van der Waals surface area contributed by atoms with Crippen LogP contribution >= 0.6 is 0 Å². The summed E-state index contributed by atoms with van der Waals surface area (Å²) in [5.74, 6) is 0.672. The van der Waals surface area contributed by atoms with E-state index >= 15 is 0 Å². The first-order valence-electron chi connectivity index (χ1n) is 17.5. The smallest absolute Gasteiger partial charge is 0.164 e. The van der Waals surface area contributed by atoms with E-state index in [1.54, 1.807) is 0 Å². The molecule has 5 heteroatoms. The first kappa shape index (κ1) is 28.5. The first-order chi connectivity index (χ1) is 25.1. The van der Waals surface area contributed by atoms with Gasteiger partial charge in [-0.2, -0.15) is 0 Å². The molecule has 11 rings (SSSR count). The number of hydrogen-bond donors (Lipinski definition) is 0. The van der Waals surface area contributed by atoms with Crippen LogP contribution in [0.15, 0.2) is 156 Å². The fourth-order valence-electron chi connectivity index (χ4n) is 8.70. The zero-order valence-electron chi connectivity index (χ0n) is 28.2. The molecule has 0 atom stereocenters. The van der Waals surface area contributed by atoms with E-state index < -0.39 is 8.07 Å². The molecule has 0 amide bonds. The molecule has 240 valence electrons. The Bertz CT molecular complexity index is 3050. The summed E-state index contributed by atoms with van der Waals surface area (Å²) in [4.78, 5) is 10.9. The second-order valence-electron chi connectivity index (χ2n) is 14.1. The average Bonchev–Trinajstić information content (AvgIpc) is 3.80. The Kier molecular flexibility index (Phi) is 5.79. The molecule has 0 radical (unpaired) electrons. The van der Waals surface area contributed by atoms with E-state index in [0.29, 0.717) is 5.82 Å². The summed E-state index contributed by atoms with van der Waals surface area (Å²) in [6.07, 6.45) is 0. The molecule has 10 aromatic rings. The standard InChI is InChI=1S/C46H31N3OSi/c1-51(2)38-23-12-10-19-31(38)42-39(51)27-24-33-43(28-14-5-3-6-15-28)47-46(48-44(33)42)34-21-13-20-32-41-37(50-45(32)34)26-25-36-40(41)30-18-9-11-22-35(30)49(36)29-16-7-4-8-17-29/h3-27H,1-2H3. The van der Waals surface area contributed by atoms with Crippen molar-refractivity contribution in [3.8, 4) is 39.5 Å². The van der Waals surface area contributed by atoms with Crippen molar-refractivity contribution in [2.75, 3.05) is 0 Å². The second kappa shape index (κ2) is 10.4. The van der Waals surface area contributed by atoms with Gasteiger partial charge in [-0.05, 0) is 52.3 Å². The fraction of sp³-hybridized carbons (Fsp3) is 0.0435. The predicted molar refractivity (Wildman–Crippen MR) is 214 cm³/mol. The molecule has 1 aliphatic heterocycles. The maximum atomic E-state index is 6.87. The third kappa shape index (κ3) is 3.89. The van der Waals surface area contributed by atoms with Crippen LogP contribution in [0.5, 0.6) is 0 Å². The third-order valence-electron chi connectivity index (χ3n) is 11.0. The highest BCUT2D eigenvalue weighted by atomic mass is 28.3. The minimum Gasteiger partial charge on any atom is -0.455 e. The Morgan fingerprint density at radius 2 is 1.25 bits per heavy atom. The minimum absolute atomic E-state index is 0.672. The lowest BCUT2D eigenvalue weighted by atomic mass is 9.98. The van der Waals surface area contributed by atoms with Gasteiger partial charge in [0, 0.05) is 43.7 Å². The Hall–Kier alpha value is -6.30. The number of furan rings is 1. The van der Waals surface area contributed by atoms with Crippen LogP contribution in [0.3, 0.4) is 0 Å². The molecule has 3 aromatic heterocycles. The van der Waals surface area contributed by atoms with E-state index in [-0.39, 0.29) is 0 Å². The molecule has 4 nitrogen and oxygen atoms in total. The van der Waals surface area contributed by atoms with Crippen LogP contribution in [-0.4, -0.2) is 22.6 Å². The summed E-state index contributed by atoms with van der Waals surface area (Å²) in [7, 11) is -1.91. The molecule has 1 aliphatic rings. The molecule has 7 aromatic carbocycles. The van der Waals surface area contributed by atoms with E-state index in [9.17, 15) is 0 Å². The molecular formula is C46H31N3OSi. The molecule has 0 unspecified atom stereocenters. The summed E-state index contributed by atoms with van der Waals surface area (Å²) >= 11 is 0. The zero-order chi connectivity index (χ0) is 33.8. The molecule has 0 aliphatic carbocycles. The maximum Gasteiger partial charge on any atom is 0.164 e. The molecule has 0 bridgehead atoms. The predicted octanol–water partition coefficient (Wildman–Crippen LogP) is 10.8. The molecule has 0 N–H and O–H groups in total. The molecule has 0 spiro atoms. The summed E-state index contributed by atoms with van der Waals surface area (Å²) in [5.41, 5.74) is 11.6. The minimum atomic E-state index is -1.91. The Balaban J connectivity index is 1.24. The Morgan fingerprint density at radius 3 is 2.12 bits per heavy atom. The van der Waals surface area contributed by atoms with Gasteiger partial charge in [-0.25, -0.2) is 9.97 Å². The third-order valence-corrected chi connectivity index (χ3v) is 14.6. The second-order valence-corrected chi connectivity index (χ2v) is 18.4. The van der Waals surface area contributed by atoms with Crippen molar-refractivity contribution in [2.24, 2.45) is 0 Å². The molecule has 4 heterocycles. The van der Waals surface area contributed by atoms with Crippen LogP contribution in [0, 0.1) is 0 Å². The lowest BCUT2D eigenvalue weighted by Crippen LogP contribution is -2.49. The SMILES string of the molecule is C[Si]1(C)c2ccccc2-c2c1ccc1c(-c3ccccc3)nc(-c3cccc4c3oc3ccc5c(c6ccccc6n5-c5ccccc5)c34)nc21. The van der Waals surface area contributed by atoms with Crippen LogP contribution in [0.25, 0.3) is 94.1 Å². The Labute approximate surface area is 295 Å². The van der Waals surface area contributed by atoms with Gasteiger partial charge in [0.25, 0.3) is 0 Å². The van der Waals surface area contributed by atoms with Crippen LogP contribution in [0.2, 0.25) is 13.1 Å². The van der Waals surface area contributed by atoms with Crippen molar-refractivity contribution in [3.05, 3.63) is 152 Å². The monoisotopic (exact) mass is 669 g/mol. The van der Waals surface area contributed by atoms with Crippen molar-refractivity contribution in [3.63, 3.8) is 0 Å². The number of aromatic nitrogens is 3. The van der Waals surface area contributed by atoms with Crippen LogP contribution in [0.4, 0.5) is 0 Å². The number of rotatable bonds is 3. The highest BCUT2D eigenvalue weighted by molar-refractivity contribution is 7.04. The highest BCUT2D eigenvalue weighted by Gasteiger charge is 2.39. The summed E-state index contributed by atoms with van der Waals surface area (Å²) in [6.45, 7) is 4.91. The van der Waals surface area contributed by atoms with Crippen molar-refractivity contribution < 1.29 is 4.42 Å². The highest BCUT2D eigenvalue weighted by Crippen LogP contribution is 2.44. The fourth-order valence-corrected chi connectivity index (χ4v) is 11.8. The van der Waals surface area contributed by atoms with Gasteiger partial charge < -0.3 is 8.98 Å². The summed E-state index contributed by atoms with van der Waals surface area (Å²) in [5, 5.41) is 8.52. The number of nitrogens with zero attached hydrogens (tertiary/aromatic N) is 3. The van der Waals surface area contributed by atoms with Gasteiger partial charge in [-0.15, -0.1) is 0 Å². The van der Waals surface area contributed by atoms with Gasteiger partial charge in [0.15, 0.2) is 5.82 Å². The van der Waals surface area contributed by atoms with Gasteiger partial charge >= 0.3 is 0 Å². The van der Waals surface area contributed by atoms with Gasteiger partial charge in [0.2, 0.25) is 0 Å². The number of para-hydroxylation sites is 3. The van der Waals surface area contributed by atoms with Crippen LogP contribution in [-0.2, 0) is 0 Å². The normalized spacial score (nSPS) is 13.5. The lowest BCUT2D eigenvalue weighted by molar-refractivity contribution is 0.670. The molecule has 0 saturated carbocycles. The zero-order valence-corrected chi connectivity index (χ0v) is 29.2. The number of hydrogen-bond acceptors (Lipinski definition) is 3. The van der Waals surface area contributed by atoms with Gasteiger partial charge in [0.05, 0.1) is 27.8 Å². The first-order valence-corrected chi connectivity index (χ1v) is 20.5. The van der Waals surface area contributed by atoms with Gasteiger partial charge in [-0.1, -0.05) is 128 Å². The van der Waals surface area contributed by atoms with Crippen LogP contribution < -0.4 is 10.4 Å². The molecule has 51 heavy (non-hydrogen) atoms. The van der Waals surface area contributed by atoms with E-state index in [1.165, 1.54) is 37.8 Å². The topological polar surface area (TPSA) is 43.9 Å². The molecule has 0 saturated heterocycles. The quantitative estimate of drug-likeness (QED) is 0.176. The lowest BCUT2D eigenvalue weighted by Gasteiger charge is -2.19. The number of fused-ring (bicyclic) bond motifs is 12. The van der Waals surface area contributed by atoms with Crippen molar-refractivity contribution in [1.29, 1.82) is 0 Å². The number of benzene rings is 7. The van der Waals surface area contributed by atoms with Crippen molar-refractivity contribution >= 4 is 73.1 Å². The van der Waals surface area contributed by atoms with E-state index in [0.717, 1.165) is 60.9 Å². The molecule has 0 fully saturated rings. The summed E-state index contributed by atoms with van der Waals surface area (Å²) in [6, 6.07) is 54.0.